The highest BCUT2D eigenvalue weighted by Gasteiger charge is 2.31. The Bertz CT molecular complexity index is 1140. The Balaban J connectivity index is 1.96. The van der Waals surface area contributed by atoms with E-state index in [1.165, 1.54) is 11.0 Å². The molecule has 1 unspecified atom stereocenters. The second kappa shape index (κ2) is 13.3. The summed E-state index contributed by atoms with van der Waals surface area (Å²) in [6.07, 6.45) is 2.06. The van der Waals surface area contributed by atoms with E-state index >= 15 is 0 Å². The smallest absolute Gasteiger partial charge is 0.243 e. The minimum atomic E-state index is -0.816. The summed E-state index contributed by atoms with van der Waals surface area (Å²) in [6.45, 7) is 2.51. The van der Waals surface area contributed by atoms with Gasteiger partial charge in [0.25, 0.3) is 0 Å². The van der Waals surface area contributed by atoms with E-state index in [4.69, 9.17) is 23.2 Å². The van der Waals surface area contributed by atoms with Crippen LogP contribution >= 0.6 is 23.2 Å². The van der Waals surface area contributed by atoms with Crippen LogP contribution in [0.1, 0.15) is 36.5 Å². The predicted octanol–water partition coefficient (Wildman–Crippen LogP) is 6.23. The van der Waals surface area contributed by atoms with Crippen molar-refractivity contribution in [2.24, 2.45) is 0 Å². The summed E-state index contributed by atoms with van der Waals surface area (Å²) in [6, 6.07) is 20.0. The first-order valence-corrected chi connectivity index (χ1v) is 12.4. The van der Waals surface area contributed by atoms with Crippen molar-refractivity contribution in [2.75, 3.05) is 6.54 Å². The molecule has 0 bridgehead atoms. The van der Waals surface area contributed by atoms with E-state index in [1.54, 1.807) is 36.4 Å². The number of nitrogens with one attached hydrogen (secondary N) is 1. The Morgan fingerprint density at radius 2 is 1.66 bits per heavy atom. The van der Waals surface area contributed by atoms with Gasteiger partial charge in [-0.15, -0.1) is 0 Å². The van der Waals surface area contributed by atoms with Crippen LogP contribution in [0.3, 0.4) is 0 Å². The van der Waals surface area contributed by atoms with Gasteiger partial charge < -0.3 is 10.2 Å². The van der Waals surface area contributed by atoms with Crippen LogP contribution in [-0.2, 0) is 29.0 Å². The number of nitrogens with zero attached hydrogens (tertiary/aromatic N) is 1. The first kappa shape index (κ1) is 26.7. The molecule has 2 amide bonds. The lowest BCUT2D eigenvalue weighted by molar-refractivity contribution is -0.140. The van der Waals surface area contributed by atoms with E-state index in [9.17, 15) is 14.0 Å². The van der Waals surface area contributed by atoms with Gasteiger partial charge in [0.15, 0.2) is 0 Å². The fraction of sp³-hybridized carbons (Fsp3) is 0.286. The molecule has 0 aromatic heterocycles. The minimum Gasteiger partial charge on any atom is -0.354 e. The maximum absolute atomic E-state index is 14.6. The lowest BCUT2D eigenvalue weighted by Crippen LogP contribution is -2.51. The lowest BCUT2D eigenvalue weighted by atomic mass is 10.0. The minimum absolute atomic E-state index is 0.00112. The van der Waals surface area contributed by atoms with Crippen molar-refractivity contribution >= 4 is 35.0 Å². The van der Waals surface area contributed by atoms with E-state index in [0.717, 1.165) is 18.4 Å². The fourth-order valence-corrected chi connectivity index (χ4v) is 4.12. The van der Waals surface area contributed by atoms with Gasteiger partial charge in [-0.3, -0.25) is 9.59 Å². The summed E-state index contributed by atoms with van der Waals surface area (Å²) < 4.78 is 14.6. The summed E-state index contributed by atoms with van der Waals surface area (Å²) in [5, 5.41) is 3.69. The molecule has 184 valence electrons. The van der Waals surface area contributed by atoms with E-state index in [0.29, 0.717) is 34.1 Å². The second-order valence-corrected chi connectivity index (χ2v) is 9.20. The van der Waals surface area contributed by atoms with Crippen molar-refractivity contribution < 1.29 is 14.0 Å². The molecule has 0 radical (unpaired) electrons. The van der Waals surface area contributed by atoms with Gasteiger partial charge in [-0.05, 0) is 35.7 Å². The molecule has 0 spiro atoms. The van der Waals surface area contributed by atoms with E-state index in [1.807, 2.05) is 37.3 Å². The monoisotopic (exact) mass is 514 g/mol. The van der Waals surface area contributed by atoms with Gasteiger partial charge in [-0.1, -0.05) is 91.1 Å². The third-order valence-electron chi connectivity index (χ3n) is 5.74. The normalized spacial score (nSPS) is 11.7. The number of amides is 2. The molecule has 0 heterocycles. The Morgan fingerprint density at radius 3 is 2.34 bits per heavy atom. The molecule has 0 saturated carbocycles. The number of benzene rings is 3. The zero-order valence-corrected chi connectivity index (χ0v) is 21.2. The maximum atomic E-state index is 14.6. The average molecular weight is 515 g/mol. The third-order valence-corrected chi connectivity index (χ3v) is 6.48. The Kier molecular flexibility index (Phi) is 10.1. The van der Waals surface area contributed by atoms with Gasteiger partial charge in [0.05, 0.1) is 16.5 Å². The number of hydrogen-bond donors (Lipinski definition) is 1. The van der Waals surface area contributed by atoms with Gasteiger partial charge in [0, 0.05) is 25.1 Å². The lowest BCUT2D eigenvalue weighted by Gasteiger charge is -2.32. The van der Waals surface area contributed by atoms with Gasteiger partial charge in [-0.2, -0.15) is 0 Å². The SMILES string of the molecule is CCCCNC(=O)C(Cc1ccccc1)N(Cc1ccccc1F)C(=O)Cc1ccc(Cl)c(Cl)c1. The number of hydrogen-bond acceptors (Lipinski definition) is 2. The molecular formula is C28H29Cl2FN2O2. The van der Waals surface area contributed by atoms with E-state index in [-0.39, 0.29) is 24.8 Å². The molecule has 4 nitrogen and oxygen atoms in total. The third kappa shape index (κ3) is 7.81. The van der Waals surface area contributed by atoms with Gasteiger partial charge in [0.1, 0.15) is 11.9 Å². The number of halogens is 3. The first-order chi connectivity index (χ1) is 16.9. The average Bonchev–Trinajstić information content (AvgIpc) is 2.85. The summed E-state index contributed by atoms with van der Waals surface area (Å²) in [5.74, 6) is -0.996. The summed E-state index contributed by atoms with van der Waals surface area (Å²) in [5.41, 5.74) is 1.91. The number of carbonyl (C=O) groups excluding carboxylic acids is 2. The van der Waals surface area contributed by atoms with Gasteiger partial charge in [0.2, 0.25) is 11.8 Å². The molecule has 0 aliphatic carbocycles. The molecule has 0 saturated heterocycles. The summed E-state index contributed by atoms with van der Waals surface area (Å²) in [4.78, 5) is 28.5. The highest BCUT2D eigenvalue weighted by atomic mass is 35.5. The van der Waals surface area contributed by atoms with Crippen molar-refractivity contribution in [1.29, 1.82) is 0 Å². The number of carbonyl (C=O) groups is 2. The fourth-order valence-electron chi connectivity index (χ4n) is 3.80. The van der Waals surface area contributed by atoms with Gasteiger partial charge >= 0.3 is 0 Å². The van der Waals surface area contributed by atoms with Crippen molar-refractivity contribution in [1.82, 2.24) is 10.2 Å². The molecule has 0 aliphatic rings. The van der Waals surface area contributed by atoms with Crippen LogP contribution in [0.15, 0.2) is 72.8 Å². The van der Waals surface area contributed by atoms with E-state index < -0.39 is 11.9 Å². The van der Waals surface area contributed by atoms with Crippen LogP contribution in [-0.4, -0.2) is 29.3 Å². The largest absolute Gasteiger partial charge is 0.354 e. The number of rotatable bonds is 11. The molecule has 3 aromatic carbocycles. The highest BCUT2D eigenvalue weighted by Crippen LogP contribution is 2.24. The van der Waals surface area contributed by atoms with Crippen molar-refractivity contribution in [2.45, 2.75) is 45.2 Å². The Hall–Kier alpha value is -2.89. The second-order valence-electron chi connectivity index (χ2n) is 8.39. The topological polar surface area (TPSA) is 49.4 Å². The Labute approximate surface area is 216 Å². The highest BCUT2D eigenvalue weighted by molar-refractivity contribution is 6.42. The maximum Gasteiger partial charge on any atom is 0.243 e. The van der Waals surface area contributed by atoms with Crippen LogP contribution in [0.4, 0.5) is 4.39 Å². The quantitative estimate of drug-likeness (QED) is 0.308. The van der Waals surface area contributed by atoms with Crippen molar-refractivity contribution in [3.8, 4) is 0 Å². The zero-order valence-electron chi connectivity index (χ0n) is 19.6. The molecular weight excluding hydrogens is 486 g/mol. The van der Waals surface area contributed by atoms with Crippen LogP contribution in [0.25, 0.3) is 0 Å². The molecule has 3 aromatic rings. The van der Waals surface area contributed by atoms with E-state index in [2.05, 4.69) is 5.32 Å². The molecule has 1 N–H and O–H groups in total. The van der Waals surface area contributed by atoms with Crippen molar-refractivity contribution in [3.63, 3.8) is 0 Å². The van der Waals surface area contributed by atoms with Crippen LogP contribution < -0.4 is 5.32 Å². The Morgan fingerprint density at radius 1 is 0.943 bits per heavy atom. The predicted molar refractivity (Wildman–Crippen MR) is 139 cm³/mol. The summed E-state index contributed by atoms with van der Waals surface area (Å²) >= 11 is 12.2. The van der Waals surface area contributed by atoms with Crippen molar-refractivity contribution in [3.05, 3.63) is 105 Å². The molecule has 0 aliphatic heterocycles. The molecule has 35 heavy (non-hydrogen) atoms. The number of unbranched alkanes of at least 4 members (excludes halogenated alkanes) is 1. The zero-order chi connectivity index (χ0) is 25.2. The first-order valence-electron chi connectivity index (χ1n) is 11.7. The molecule has 1 atom stereocenters. The van der Waals surface area contributed by atoms with Crippen LogP contribution in [0, 0.1) is 5.82 Å². The summed E-state index contributed by atoms with van der Waals surface area (Å²) in [7, 11) is 0. The van der Waals surface area contributed by atoms with Gasteiger partial charge in [-0.25, -0.2) is 4.39 Å². The standard InChI is InChI=1S/C28H29Cl2FN2O2/c1-2-3-15-32-28(35)26(17-20-9-5-4-6-10-20)33(19-22-11-7-8-12-25(22)31)27(34)18-21-13-14-23(29)24(30)16-21/h4-14,16,26H,2-3,15,17-19H2,1H3,(H,32,35). The van der Waals surface area contributed by atoms with Crippen LogP contribution in [0.2, 0.25) is 10.0 Å². The molecule has 7 heteroatoms. The molecule has 3 rings (SSSR count). The molecule has 0 fully saturated rings. The van der Waals surface area contributed by atoms with Crippen LogP contribution in [0.5, 0.6) is 0 Å².